The van der Waals surface area contributed by atoms with E-state index < -0.39 is 0 Å². The van der Waals surface area contributed by atoms with Crippen molar-refractivity contribution in [2.45, 2.75) is 26.2 Å². The number of thioether (sulfide) groups is 1. The summed E-state index contributed by atoms with van der Waals surface area (Å²) in [6.45, 7) is 2.95. The molecule has 1 aliphatic heterocycles. The molecule has 0 unspecified atom stereocenters. The SMILES string of the molecule is CCc1nc(C#N)cc(NCC2CCSCC2)n1. The highest BCUT2D eigenvalue weighted by atomic mass is 32.2. The molecule has 96 valence electrons. The maximum absolute atomic E-state index is 8.93. The van der Waals surface area contributed by atoms with E-state index >= 15 is 0 Å². The number of hydrogen-bond donors (Lipinski definition) is 1. The highest BCUT2D eigenvalue weighted by Crippen LogP contribution is 2.22. The minimum atomic E-state index is 0.448. The third-order valence-electron chi connectivity index (χ3n) is 3.12. The Morgan fingerprint density at radius 1 is 1.44 bits per heavy atom. The topological polar surface area (TPSA) is 61.6 Å². The standard InChI is InChI=1S/C13H18N4S/c1-2-12-16-11(8-14)7-13(17-12)15-9-10-3-5-18-6-4-10/h7,10H,2-6,9H2,1H3,(H,15,16,17). The van der Waals surface area contributed by atoms with Crippen molar-refractivity contribution in [1.29, 1.82) is 5.26 Å². The molecule has 1 aromatic heterocycles. The predicted molar refractivity (Wildman–Crippen MR) is 74.7 cm³/mol. The molecule has 1 aromatic rings. The fourth-order valence-corrected chi connectivity index (χ4v) is 3.21. The lowest BCUT2D eigenvalue weighted by atomic mass is 10.0. The van der Waals surface area contributed by atoms with Crippen LogP contribution in [-0.4, -0.2) is 28.0 Å². The quantitative estimate of drug-likeness (QED) is 0.903. The highest BCUT2D eigenvalue weighted by Gasteiger charge is 2.13. The van der Waals surface area contributed by atoms with Crippen LogP contribution >= 0.6 is 11.8 Å². The van der Waals surface area contributed by atoms with Gasteiger partial charge >= 0.3 is 0 Å². The number of nitrogens with one attached hydrogen (secondary N) is 1. The van der Waals surface area contributed by atoms with E-state index in [9.17, 15) is 0 Å². The Bertz CT molecular complexity index is 435. The van der Waals surface area contributed by atoms with Crippen LogP contribution in [0.25, 0.3) is 0 Å². The molecule has 0 radical (unpaired) electrons. The second-order valence-electron chi connectivity index (χ2n) is 4.46. The molecule has 0 amide bonds. The van der Waals surface area contributed by atoms with Gasteiger partial charge in [-0.2, -0.15) is 17.0 Å². The molecule has 1 N–H and O–H groups in total. The summed E-state index contributed by atoms with van der Waals surface area (Å²) < 4.78 is 0. The molecule has 18 heavy (non-hydrogen) atoms. The van der Waals surface area contributed by atoms with Crippen LogP contribution in [0, 0.1) is 17.2 Å². The molecule has 4 nitrogen and oxygen atoms in total. The molecule has 0 saturated carbocycles. The molecule has 1 fully saturated rings. The lowest BCUT2D eigenvalue weighted by Crippen LogP contribution is -2.20. The zero-order valence-corrected chi connectivity index (χ0v) is 11.5. The summed E-state index contributed by atoms with van der Waals surface area (Å²) in [6.07, 6.45) is 3.30. The van der Waals surface area contributed by atoms with Crippen LogP contribution in [0.5, 0.6) is 0 Å². The van der Waals surface area contributed by atoms with Crippen molar-refractivity contribution in [3.8, 4) is 6.07 Å². The van der Waals surface area contributed by atoms with Crippen molar-refractivity contribution in [2.24, 2.45) is 5.92 Å². The molecule has 0 aliphatic carbocycles. The zero-order chi connectivity index (χ0) is 12.8. The summed E-state index contributed by atoms with van der Waals surface area (Å²) in [4.78, 5) is 8.56. The molecule has 0 bridgehead atoms. The Morgan fingerprint density at radius 3 is 2.89 bits per heavy atom. The first-order valence-electron chi connectivity index (χ1n) is 6.41. The number of rotatable bonds is 4. The van der Waals surface area contributed by atoms with Gasteiger partial charge in [-0.1, -0.05) is 6.92 Å². The zero-order valence-electron chi connectivity index (χ0n) is 10.6. The van der Waals surface area contributed by atoms with Crippen molar-refractivity contribution in [2.75, 3.05) is 23.4 Å². The van der Waals surface area contributed by atoms with Gasteiger partial charge in [-0.3, -0.25) is 0 Å². The Morgan fingerprint density at radius 2 is 2.22 bits per heavy atom. The number of nitriles is 1. The van der Waals surface area contributed by atoms with E-state index in [1.54, 1.807) is 6.07 Å². The Balaban J connectivity index is 1.97. The number of hydrogen-bond acceptors (Lipinski definition) is 5. The average molecular weight is 262 g/mol. The molecule has 0 aromatic carbocycles. The molecular formula is C13H18N4S. The van der Waals surface area contributed by atoms with Gasteiger partial charge in [-0.15, -0.1) is 0 Å². The van der Waals surface area contributed by atoms with Crippen LogP contribution in [0.2, 0.25) is 0 Å². The van der Waals surface area contributed by atoms with E-state index in [-0.39, 0.29) is 0 Å². The maximum atomic E-state index is 8.93. The van der Waals surface area contributed by atoms with E-state index in [1.165, 1.54) is 24.3 Å². The van der Waals surface area contributed by atoms with Gasteiger partial charge in [0, 0.05) is 19.0 Å². The molecule has 2 rings (SSSR count). The number of nitrogens with zero attached hydrogens (tertiary/aromatic N) is 3. The van der Waals surface area contributed by atoms with Crippen LogP contribution < -0.4 is 5.32 Å². The van der Waals surface area contributed by atoms with Gasteiger partial charge in [0.1, 0.15) is 23.4 Å². The van der Waals surface area contributed by atoms with Crippen LogP contribution in [0.15, 0.2) is 6.07 Å². The van der Waals surface area contributed by atoms with E-state index in [0.717, 1.165) is 30.5 Å². The molecule has 1 aliphatic rings. The van der Waals surface area contributed by atoms with E-state index in [0.29, 0.717) is 5.69 Å². The number of anilines is 1. The Hall–Kier alpha value is -1.28. The summed E-state index contributed by atoms with van der Waals surface area (Å²) in [5, 5.41) is 12.3. The second kappa shape index (κ2) is 6.60. The Kier molecular flexibility index (Phi) is 4.82. The third-order valence-corrected chi connectivity index (χ3v) is 4.16. The summed E-state index contributed by atoms with van der Waals surface area (Å²) in [5.41, 5.74) is 0.448. The number of aryl methyl sites for hydroxylation is 1. The van der Waals surface area contributed by atoms with Crippen molar-refractivity contribution in [3.63, 3.8) is 0 Å². The molecule has 2 heterocycles. The van der Waals surface area contributed by atoms with Gasteiger partial charge in [0.2, 0.25) is 0 Å². The molecule has 0 atom stereocenters. The van der Waals surface area contributed by atoms with Crippen molar-refractivity contribution < 1.29 is 0 Å². The van der Waals surface area contributed by atoms with Gasteiger partial charge in [0.05, 0.1) is 0 Å². The van der Waals surface area contributed by atoms with E-state index in [1.807, 2.05) is 18.7 Å². The summed E-state index contributed by atoms with van der Waals surface area (Å²) in [5.74, 6) is 4.78. The van der Waals surface area contributed by atoms with Crippen LogP contribution in [0.3, 0.4) is 0 Å². The molecule has 0 spiro atoms. The van der Waals surface area contributed by atoms with Crippen LogP contribution in [-0.2, 0) is 6.42 Å². The predicted octanol–water partition coefficient (Wildman–Crippen LogP) is 2.47. The van der Waals surface area contributed by atoms with Crippen LogP contribution in [0.4, 0.5) is 5.82 Å². The molecule has 1 saturated heterocycles. The summed E-state index contributed by atoms with van der Waals surface area (Å²) in [6, 6.07) is 3.82. The lowest BCUT2D eigenvalue weighted by molar-refractivity contribution is 0.515. The van der Waals surface area contributed by atoms with Crippen molar-refractivity contribution in [3.05, 3.63) is 17.6 Å². The van der Waals surface area contributed by atoms with Gasteiger partial charge in [-0.25, -0.2) is 9.97 Å². The van der Waals surface area contributed by atoms with Gasteiger partial charge in [-0.05, 0) is 30.3 Å². The largest absolute Gasteiger partial charge is 0.370 e. The first-order chi connectivity index (χ1) is 8.81. The van der Waals surface area contributed by atoms with Crippen molar-refractivity contribution >= 4 is 17.6 Å². The smallest absolute Gasteiger partial charge is 0.146 e. The Labute approximate surface area is 112 Å². The van der Waals surface area contributed by atoms with Crippen molar-refractivity contribution in [1.82, 2.24) is 9.97 Å². The van der Waals surface area contributed by atoms with E-state index in [2.05, 4.69) is 21.4 Å². The van der Waals surface area contributed by atoms with Gasteiger partial charge in [0.25, 0.3) is 0 Å². The third kappa shape index (κ3) is 3.61. The minimum Gasteiger partial charge on any atom is -0.370 e. The lowest BCUT2D eigenvalue weighted by Gasteiger charge is -2.21. The monoisotopic (exact) mass is 262 g/mol. The summed E-state index contributed by atoms with van der Waals surface area (Å²) in [7, 11) is 0. The minimum absolute atomic E-state index is 0.448. The van der Waals surface area contributed by atoms with Gasteiger partial charge in [0.15, 0.2) is 0 Å². The fourth-order valence-electron chi connectivity index (χ4n) is 2.00. The molecular weight excluding hydrogens is 244 g/mol. The van der Waals surface area contributed by atoms with Gasteiger partial charge < -0.3 is 5.32 Å². The summed E-state index contributed by atoms with van der Waals surface area (Å²) >= 11 is 2.04. The van der Waals surface area contributed by atoms with E-state index in [4.69, 9.17) is 5.26 Å². The fraction of sp³-hybridized carbons (Fsp3) is 0.615. The molecule has 5 heteroatoms. The first kappa shape index (κ1) is 13.2. The highest BCUT2D eigenvalue weighted by molar-refractivity contribution is 7.99. The normalized spacial score (nSPS) is 16.2. The van der Waals surface area contributed by atoms with Crippen LogP contribution in [0.1, 0.15) is 31.3 Å². The number of aromatic nitrogens is 2. The second-order valence-corrected chi connectivity index (χ2v) is 5.68. The maximum Gasteiger partial charge on any atom is 0.146 e. The average Bonchev–Trinajstić information content (AvgIpc) is 2.45. The first-order valence-corrected chi connectivity index (χ1v) is 7.57.